The number of hydrogen-bond donors (Lipinski definition) is 1. The van der Waals surface area contributed by atoms with Gasteiger partial charge in [-0.3, -0.25) is 14.5 Å². The molecule has 70 valence electrons. The Morgan fingerprint density at radius 2 is 1.71 bits per heavy atom. The summed E-state index contributed by atoms with van der Waals surface area (Å²) in [6.45, 7) is 0. The highest BCUT2D eigenvalue weighted by Crippen LogP contribution is 2.47. The van der Waals surface area contributed by atoms with E-state index in [0.29, 0.717) is 0 Å². The molecule has 1 aromatic rings. The van der Waals surface area contributed by atoms with Crippen molar-refractivity contribution in [1.82, 2.24) is 0 Å². The van der Waals surface area contributed by atoms with E-state index in [0.717, 1.165) is 17.5 Å². The molecule has 0 bridgehead atoms. The number of anilines is 2. The predicted octanol–water partition coefficient (Wildman–Crippen LogP) is 0.706. The lowest BCUT2D eigenvalue weighted by molar-refractivity contribution is -0.115. The smallest absolute Gasteiger partial charge is 0.255 e. The molecular weight excluding hydrogens is 180 g/mol. The Labute approximate surface area is 80.6 Å². The standard InChI is InChI=1S/C10H8N2O2/c11-9(13)5-6-10(14)12-7-3-1-2-4-8(7)12/h1-6H,(H2,11,13). The summed E-state index contributed by atoms with van der Waals surface area (Å²) in [5.74, 6) is -0.866. The Hall–Kier alpha value is -2.10. The fourth-order valence-electron chi connectivity index (χ4n) is 1.27. The maximum absolute atomic E-state index is 11.4. The van der Waals surface area contributed by atoms with Crippen LogP contribution in [0.5, 0.6) is 0 Å². The topological polar surface area (TPSA) is 63.2 Å². The molecule has 0 aromatic heterocycles. The number of nitrogens with zero attached hydrogens (tertiary/aromatic N) is 1. The van der Waals surface area contributed by atoms with Crippen LogP contribution < -0.4 is 10.6 Å². The maximum Gasteiger partial charge on any atom is 0.255 e. The molecule has 14 heavy (non-hydrogen) atoms. The lowest BCUT2D eigenvalue weighted by Gasteiger charge is -1.93. The van der Waals surface area contributed by atoms with Crippen LogP contribution in [0.25, 0.3) is 0 Å². The van der Waals surface area contributed by atoms with Gasteiger partial charge in [0.25, 0.3) is 5.91 Å². The van der Waals surface area contributed by atoms with Gasteiger partial charge in [-0.15, -0.1) is 0 Å². The SMILES string of the molecule is NC(=O)C=CC(=O)N1c2ccccc21. The first-order valence-electron chi connectivity index (χ1n) is 4.11. The normalized spacial score (nSPS) is 12.7. The third kappa shape index (κ3) is 1.37. The van der Waals surface area contributed by atoms with Gasteiger partial charge in [-0.2, -0.15) is 0 Å². The molecule has 0 atom stereocenters. The largest absolute Gasteiger partial charge is 0.366 e. The average Bonchev–Trinajstić information content (AvgIpc) is 2.88. The molecule has 1 heterocycles. The van der Waals surface area contributed by atoms with Crippen molar-refractivity contribution in [2.45, 2.75) is 0 Å². The molecule has 1 aliphatic heterocycles. The number of benzene rings is 1. The second-order valence-corrected chi connectivity index (χ2v) is 2.90. The quantitative estimate of drug-likeness (QED) is 0.548. The molecule has 0 unspecified atom stereocenters. The lowest BCUT2D eigenvalue weighted by atomic mass is 10.4. The zero-order chi connectivity index (χ0) is 10.1. The molecule has 1 aliphatic rings. The van der Waals surface area contributed by atoms with E-state index in [1.807, 2.05) is 24.3 Å². The van der Waals surface area contributed by atoms with E-state index >= 15 is 0 Å². The van der Waals surface area contributed by atoms with Crippen LogP contribution in [-0.2, 0) is 9.59 Å². The first kappa shape index (κ1) is 8.50. The minimum Gasteiger partial charge on any atom is -0.366 e. The Balaban J connectivity index is 2.08. The Morgan fingerprint density at radius 3 is 2.21 bits per heavy atom. The van der Waals surface area contributed by atoms with Crippen LogP contribution in [0, 0.1) is 0 Å². The molecule has 0 radical (unpaired) electrons. The summed E-state index contributed by atoms with van der Waals surface area (Å²) in [6, 6.07) is 7.38. The number of carbonyl (C=O) groups is 2. The highest BCUT2D eigenvalue weighted by molar-refractivity contribution is 6.20. The van der Waals surface area contributed by atoms with E-state index in [2.05, 4.69) is 0 Å². The first-order valence-corrected chi connectivity index (χ1v) is 4.11. The van der Waals surface area contributed by atoms with Crippen molar-refractivity contribution in [2.24, 2.45) is 5.73 Å². The van der Waals surface area contributed by atoms with E-state index in [4.69, 9.17) is 5.73 Å². The first-order chi connectivity index (χ1) is 6.70. The van der Waals surface area contributed by atoms with Gasteiger partial charge in [0, 0.05) is 12.2 Å². The summed E-state index contributed by atoms with van der Waals surface area (Å²) in [4.78, 5) is 23.3. The van der Waals surface area contributed by atoms with Crippen LogP contribution in [0.4, 0.5) is 11.4 Å². The number of hydrogen-bond acceptors (Lipinski definition) is 2. The maximum atomic E-state index is 11.4. The molecule has 4 heteroatoms. The number of primary amides is 1. The molecule has 0 saturated carbocycles. The van der Waals surface area contributed by atoms with E-state index < -0.39 is 5.91 Å². The summed E-state index contributed by atoms with van der Waals surface area (Å²) in [7, 11) is 0. The number of para-hydroxylation sites is 2. The number of nitrogens with two attached hydrogens (primary N) is 1. The third-order valence-corrected chi connectivity index (χ3v) is 1.92. The van der Waals surface area contributed by atoms with Crippen LogP contribution in [0.3, 0.4) is 0 Å². The molecule has 2 N–H and O–H groups in total. The van der Waals surface area contributed by atoms with Crippen molar-refractivity contribution >= 4 is 23.2 Å². The van der Waals surface area contributed by atoms with Crippen molar-refractivity contribution in [1.29, 1.82) is 0 Å². The number of carbonyl (C=O) groups excluding carboxylic acids is 2. The van der Waals surface area contributed by atoms with Gasteiger partial charge in [0.2, 0.25) is 5.91 Å². The van der Waals surface area contributed by atoms with Gasteiger partial charge in [0.05, 0.1) is 11.4 Å². The summed E-state index contributed by atoms with van der Waals surface area (Å²) in [5, 5.41) is 0. The van der Waals surface area contributed by atoms with Gasteiger partial charge >= 0.3 is 0 Å². The van der Waals surface area contributed by atoms with Crippen molar-refractivity contribution in [3.05, 3.63) is 36.4 Å². The summed E-state index contributed by atoms with van der Waals surface area (Å²) < 4.78 is 0. The molecule has 2 rings (SSSR count). The number of fused-ring (bicyclic) bond motifs is 1. The zero-order valence-corrected chi connectivity index (χ0v) is 7.31. The van der Waals surface area contributed by atoms with Gasteiger partial charge in [0.1, 0.15) is 0 Å². The average molecular weight is 188 g/mol. The molecule has 2 amide bonds. The summed E-state index contributed by atoms with van der Waals surface area (Å²) >= 11 is 0. The van der Waals surface area contributed by atoms with Crippen LogP contribution >= 0.6 is 0 Å². The van der Waals surface area contributed by atoms with Crippen LogP contribution in [0.15, 0.2) is 36.4 Å². The Kier molecular flexibility index (Phi) is 1.81. The van der Waals surface area contributed by atoms with E-state index in [1.165, 1.54) is 11.0 Å². The van der Waals surface area contributed by atoms with Crippen LogP contribution in [0.1, 0.15) is 0 Å². The fourth-order valence-corrected chi connectivity index (χ4v) is 1.27. The van der Waals surface area contributed by atoms with Crippen molar-refractivity contribution in [3.8, 4) is 0 Å². The monoisotopic (exact) mass is 188 g/mol. The van der Waals surface area contributed by atoms with Crippen LogP contribution in [-0.4, -0.2) is 11.8 Å². The summed E-state index contributed by atoms with van der Waals surface area (Å²) in [6.07, 6.45) is 2.23. The summed E-state index contributed by atoms with van der Waals surface area (Å²) in [5.41, 5.74) is 6.63. The predicted molar refractivity (Wildman–Crippen MR) is 51.9 cm³/mol. The highest BCUT2D eigenvalue weighted by atomic mass is 16.2. The second kappa shape index (κ2) is 2.99. The molecule has 0 aliphatic carbocycles. The van der Waals surface area contributed by atoms with E-state index in [1.54, 1.807) is 0 Å². The molecule has 1 aromatic carbocycles. The van der Waals surface area contributed by atoms with Gasteiger partial charge < -0.3 is 5.73 Å². The molecular formula is C10H8N2O2. The van der Waals surface area contributed by atoms with Crippen molar-refractivity contribution in [2.75, 3.05) is 4.90 Å². The molecule has 4 nitrogen and oxygen atoms in total. The van der Waals surface area contributed by atoms with E-state index in [-0.39, 0.29) is 5.91 Å². The van der Waals surface area contributed by atoms with Crippen molar-refractivity contribution in [3.63, 3.8) is 0 Å². The van der Waals surface area contributed by atoms with Crippen molar-refractivity contribution < 1.29 is 9.59 Å². The van der Waals surface area contributed by atoms with E-state index in [9.17, 15) is 9.59 Å². The highest BCUT2D eigenvalue weighted by Gasteiger charge is 2.32. The zero-order valence-electron chi connectivity index (χ0n) is 7.31. The third-order valence-electron chi connectivity index (χ3n) is 1.92. The number of amides is 2. The Bertz CT molecular complexity index is 415. The second-order valence-electron chi connectivity index (χ2n) is 2.90. The van der Waals surface area contributed by atoms with Gasteiger partial charge in [-0.1, -0.05) is 12.1 Å². The molecule has 0 fully saturated rings. The minimum atomic E-state index is -0.621. The lowest BCUT2D eigenvalue weighted by Crippen LogP contribution is -2.12. The Morgan fingerprint density at radius 1 is 1.14 bits per heavy atom. The fraction of sp³-hybridized carbons (Fsp3) is 0. The van der Waals surface area contributed by atoms with Gasteiger partial charge in [-0.05, 0) is 12.1 Å². The molecule has 0 spiro atoms. The van der Waals surface area contributed by atoms with Gasteiger partial charge in [0.15, 0.2) is 0 Å². The minimum absolute atomic E-state index is 0.245. The number of rotatable bonds is 2. The molecule has 0 saturated heterocycles. The van der Waals surface area contributed by atoms with Crippen LogP contribution in [0.2, 0.25) is 0 Å². The van der Waals surface area contributed by atoms with Gasteiger partial charge in [-0.25, -0.2) is 0 Å².